The Morgan fingerprint density at radius 1 is 0.900 bits per heavy atom. The Kier molecular flexibility index (Phi) is 1.64. The Morgan fingerprint density at radius 3 is 1.70 bits per heavy atom. The number of piperazine rings is 1. The molecule has 3 saturated heterocycles. The van der Waals surface area contributed by atoms with Crippen molar-refractivity contribution in [3.8, 4) is 0 Å². The number of nitrogens with zero attached hydrogens (tertiary/aromatic N) is 2. The van der Waals surface area contributed by atoms with E-state index in [0.29, 0.717) is 0 Å². The quantitative estimate of drug-likeness (QED) is 0.469. The molecular formula is C7H14N2O. The van der Waals surface area contributed by atoms with Crippen LogP contribution in [0.4, 0.5) is 0 Å². The molecule has 0 saturated carbocycles. The van der Waals surface area contributed by atoms with Crippen LogP contribution in [0.1, 0.15) is 0 Å². The van der Waals surface area contributed by atoms with Crippen LogP contribution in [0.3, 0.4) is 0 Å². The fraction of sp³-hybridized carbons (Fsp3) is 1.00. The summed E-state index contributed by atoms with van der Waals surface area (Å²) in [4.78, 5) is 4.68. The first-order chi connectivity index (χ1) is 4.84. The topological polar surface area (TPSA) is 26.7 Å². The lowest BCUT2D eigenvalue weighted by Crippen LogP contribution is -2.42. The van der Waals surface area contributed by atoms with Crippen molar-refractivity contribution in [2.75, 3.05) is 39.3 Å². The van der Waals surface area contributed by atoms with Crippen molar-refractivity contribution in [1.29, 1.82) is 0 Å². The normalized spacial score (nSPS) is 47.1. The minimum Gasteiger partial charge on any atom is -0.390 e. The molecule has 0 unspecified atom stereocenters. The molecule has 0 aromatic carbocycles. The minimum absolute atomic E-state index is 0.106. The van der Waals surface area contributed by atoms with Crippen LogP contribution >= 0.6 is 0 Å². The summed E-state index contributed by atoms with van der Waals surface area (Å²) in [6.45, 7) is 6.37. The van der Waals surface area contributed by atoms with Crippen molar-refractivity contribution in [3.63, 3.8) is 0 Å². The highest BCUT2D eigenvalue weighted by molar-refractivity contribution is 4.81. The van der Waals surface area contributed by atoms with Gasteiger partial charge in [0.15, 0.2) is 0 Å². The van der Waals surface area contributed by atoms with Crippen molar-refractivity contribution >= 4 is 0 Å². The molecule has 10 heavy (non-hydrogen) atoms. The second-order valence-electron chi connectivity index (χ2n) is 3.26. The Hall–Kier alpha value is -0.120. The molecule has 0 aromatic rings. The SMILES string of the molecule is OC1CN2CCN(CC2)C1. The molecule has 0 spiro atoms. The monoisotopic (exact) mass is 142 g/mol. The zero-order chi connectivity index (χ0) is 6.97. The third kappa shape index (κ3) is 1.17. The molecule has 3 heterocycles. The van der Waals surface area contributed by atoms with Gasteiger partial charge in [0.25, 0.3) is 0 Å². The number of hydrogen-bond acceptors (Lipinski definition) is 3. The summed E-state index contributed by atoms with van der Waals surface area (Å²) in [7, 11) is 0. The van der Waals surface area contributed by atoms with E-state index in [4.69, 9.17) is 0 Å². The smallest absolute Gasteiger partial charge is 0.0793 e. The van der Waals surface area contributed by atoms with Gasteiger partial charge in [0, 0.05) is 39.3 Å². The van der Waals surface area contributed by atoms with Crippen LogP contribution < -0.4 is 0 Å². The number of aliphatic hydroxyl groups excluding tert-OH is 1. The van der Waals surface area contributed by atoms with Gasteiger partial charge >= 0.3 is 0 Å². The minimum atomic E-state index is -0.106. The van der Waals surface area contributed by atoms with Gasteiger partial charge in [-0.15, -0.1) is 0 Å². The van der Waals surface area contributed by atoms with Crippen molar-refractivity contribution in [1.82, 2.24) is 9.80 Å². The third-order valence-corrected chi connectivity index (χ3v) is 2.40. The molecule has 3 nitrogen and oxygen atoms in total. The second kappa shape index (κ2) is 2.49. The molecule has 3 heteroatoms. The van der Waals surface area contributed by atoms with E-state index in [1.54, 1.807) is 0 Å². The Bertz CT molecular complexity index is 107. The van der Waals surface area contributed by atoms with Crippen LogP contribution in [-0.4, -0.2) is 60.3 Å². The summed E-state index contributed by atoms with van der Waals surface area (Å²) < 4.78 is 0. The molecule has 0 atom stereocenters. The number of rotatable bonds is 0. The average molecular weight is 142 g/mol. The molecule has 3 aliphatic heterocycles. The van der Waals surface area contributed by atoms with Crippen LogP contribution in [0.5, 0.6) is 0 Å². The molecule has 3 aliphatic rings. The van der Waals surface area contributed by atoms with Gasteiger partial charge in [0.1, 0.15) is 0 Å². The lowest BCUT2D eigenvalue weighted by Gasteiger charge is -2.28. The van der Waals surface area contributed by atoms with Gasteiger partial charge in [0.2, 0.25) is 0 Å². The lowest BCUT2D eigenvalue weighted by molar-refractivity contribution is 0.136. The van der Waals surface area contributed by atoms with E-state index in [1.165, 1.54) is 0 Å². The molecule has 3 fully saturated rings. The van der Waals surface area contributed by atoms with E-state index in [9.17, 15) is 5.11 Å². The first-order valence-electron chi connectivity index (χ1n) is 3.97. The Balaban J connectivity index is 2.05. The fourth-order valence-electron chi connectivity index (χ4n) is 1.81. The maximum absolute atomic E-state index is 9.39. The highest BCUT2D eigenvalue weighted by atomic mass is 16.3. The van der Waals surface area contributed by atoms with Gasteiger partial charge in [-0.1, -0.05) is 0 Å². The molecule has 1 N–H and O–H groups in total. The van der Waals surface area contributed by atoms with E-state index in [2.05, 4.69) is 9.80 Å². The number of fused-ring (bicyclic) bond motifs is 4. The van der Waals surface area contributed by atoms with Crippen molar-refractivity contribution in [2.24, 2.45) is 0 Å². The maximum atomic E-state index is 9.39. The molecule has 0 aromatic heterocycles. The molecule has 3 rings (SSSR count). The summed E-state index contributed by atoms with van der Waals surface area (Å²) in [5, 5.41) is 9.39. The molecule has 58 valence electrons. The van der Waals surface area contributed by atoms with E-state index in [0.717, 1.165) is 39.3 Å². The van der Waals surface area contributed by atoms with E-state index in [-0.39, 0.29) is 6.10 Å². The van der Waals surface area contributed by atoms with Crippen molar-refractivity contribution in [2.45, 2.75) is 6.10 Å². The van der Waals surface area contributed by atoms with E-state index < -0.39 is 0 Å². The van der Waals surface area contributed by atoms with Crippen LogP contribution in [0.25, 0.3) is 0 Å². The summed E-state index contributed by atoms with van der Waals surface area (Å²) in [5.41, 5.74) is 0. The van der Waals surface area contributed by atoms with E-state index >= 15 is 0 Å². The largest absolute Gasteiger partial charge is 0.390 e. The van der Waals surface area contributed by atoms with Gasteiger partial charge in [-0.2, -0.15) is 0 Å². The van der Waals surface area contributed by atoms with Crippen molar-refractivity contribution < 1.29 is 5.11 Å². The molecule has 0 radical (unpaired) electrons. The molecule has 0 amide bonds. The maximum Gasteiger partial charge on any atom is 0.0793 e. The van der Waals surface area contributed by atoms with Gasteiger partial charge in [-0.05, 0) is 0 Å². The predicted molar refractivity (Wildman–Crippen MR) is 38.9 cm³/mol. The first kappa shape index (κ1) is 6.58. The second-order valence-corrected chi connectivity index (χ2v) is 3.26. The summed E-state index contributed by atoms with van der Waals surface area (Å²) in [6, 6.07) is 0. The fourth-order valence-corrected chi connectivity index (χ4v) is 1.81. The third-order valence-electron chi connectivity index (χ3n) is 2.40. The highest BCUT2D eigenvalue weighted by Gasteiger charge is 2.25. The first-order valence-corrected chi connectivity index (χ1v) is 3.97. The number of aliphatic hydroxyl groups is 1. The lowest BCUT2D eigenvalue weighted by atomic mass is 10.3. The summed E-state index contributed by atoms with van der Waals surface area (Å²) in [6.07, 6.45) is -0.106. The standard InChI is InChI=1S/C7H14N2O/c10-7-5-8-1-2-9(6-7)4-3-8/h7,10H,1-6H2. The van der Waals surface area contributed by atoms with Crippen LogP contribution in [0.15, 0.2) is 0 Å². The highest BCUT2D eigenvalue weighted by Crippen LogP contribution is 2.08. The van der Waals surface area contributed by atoms with Crippen LogP contribution in [0, 0.1) is 0 Å². The van der Waals surface area contributed by atoms with Gasteiger partial charge in [-0.25, -0.2) is 0 Å². The van der Waals surface area contributed by atoms with Gasteiger partial charge in [-0.3, -0.25) is 9.80 Å². The Labute approximate surface area is 61.2 Å². The molecular weight excluding hydrogens is 128 g/mol. The van der Waals surface area contributed by atoms with Gasteiger partial charge < -0.3 is 5.11 Å². The van der Waals surface area contributed by atoms with Crippen LogP contribution in [0.2, 0.25) is 0 Å². The average Bonchev–Trinajstić information content (AvgIpc) is 2.17. The summed E-state index contributed by atoms with van der Waals surface area (Å²) in [5.74, 6) is 0. The number of hydrogen-bond donors (Lipinski definition) is 1. The zero-order valence-electron chi connectivity index (χ0n) is 6.16. The molecule has 0 aliphatic carbocycles. The zero-order valence-corrected chi connectivity index (χ0v) is 6.16. The molecule has 2 bridgehead atoms. The van der Waals surface area contributed by atoms with Gasteiger partial charge in [0.05, 0.1) is 6.10 Å². The van der Waals surface area contributed by atoms with Crippen molar-refractivity contribution in [3.05, 3.63) is 0 Å². The van der Waals surface area contributed by atoms with E-state index in [1.807, 2.05) is 0 Å². The Morgan fingerprint density at radius 2 is 1.30 bits per heavy atom. The summed E-state index contributed by atoms with van der Waals surface area (Å²) >= 11 is 0. The predicted octanol–water partition coefficient (Wildman–Crippen LogP) is -1.02. The van der Waals surface area contributed by atoms with Crippen LogP contribution in [-0.2, 0) is 0 Å².